The monoisotopic (exact) mass is 226 g/mol. The molecule has 0 amide bonds. The molecular weight excluding hydrogens is 217 g/mol. The number of carboxylic acid groups (broad SMARTS) is 1. The summed E-state index contributed by atoms with van der Waals surface area (Å²) in [6.45, 7) is -0.0486. The van der Waals surface area contributed by atoms with Gasteiger partial charge in [-0.2, -0.15) is 13.2 Å². The second kappa shape index (κ2) is 4.03. The Labute approximate surface area is 82.8 Å². The lowest BCUT2D eigenvalue weighted by Crippen LogP contribution is -2.52. The van der Waals surface area contributed by atoms with Crippen LogP contribution in [0.15, 0.2) is 5.29 Å². The molecule has 8 heteroatoms. The SMILES string of the molecule is O=NN1CCCC(C(F)(F)F)C1C(=O)O. The van der Waals surface area contributed by atoms with Crippen LogP contribution in [0.5, 0.6) is 0 Å². The van der Waals surface area contributed by atoms with Crippen molar-refractivity contribution in [2.75, 3.05) is 6.54 Å². The van der Waals surface area contributed by atoms with Crippen LogP contribution in [0.4, 0.5) is 13.2 Å². The molecule has 1 aliphatic rings. The van der Waals surface area contributed by atoms with Gasteiger partial charge >= 0.3 is 12.1 Å². The average Bonchev–Trinajstić information content (AvgIpc) is 2.15. The predicted octanol–water partition coefficient (Wildman–Crippen LogP) is 1.40. The van der Waals surface area contributed by atoms with Crippen molar-refractivity contribution in [1.82, 2.24) is 5.01 Å². The minimum absolute atomic E-state index is 0.0486. The molecule has 1 heterocycles. The van der Waals surface area contributed by atoms with Gasteiger partial charge in [0.2, 0.25) is 0 Å². The quantitative estimate of drug-likeness (QED) is 0.722. The number of carbonyl (C=O) groups is 1. The molecular formula is C7H9F3N2O3. The van der Waals surface area contributed by atoms with Gasteiger partial charge in [-0.3, -0.25) is 0 Å². The minimum Gasteiger partial charge on any atom is -0.480 e. The highest BCUT2D eigenvalue weighted by Gasteiger charge is 2.51. The molecule has 0 bridgehead atoms. The van der Waals surface area contributed by atoms with Crippen molar-refractivity contribution < 1.29 is 23.1 Å². The lowest BCUT2D eigenvalue weighted by Gasteiger charge is -2.35. The van der Waals surface area contributed by atoms with Gasteiger partial charge in [0.25, 0.3) is 0 Å². The molecule has 15 heavy (non-hydrogen) atoms. The van der Waals surface area contributed by atoms with E-state index in [0.717, 1.165) is 0 Å². The average molecular weight is 226 g/mol. The molecule has 0 radical (unpaired) electrons. The molecule has 2 atom stereocenters. The van der Waals surface area contributed by atoms with E-state index >= 15 is 0 Å². The van der Waals surface area contributed by atoms with E-state index in [-0.39, 0.29) is 19.4 Å². The number of piperidine rings is 1. The Balaban J connectivity index is 2.94. The zero-order chi connectivity index (χ0) is 11.6. The molecule has 1 aliphatic heterocycles. The molecule has 1 rings (SSSR count). The van der Waals surface area contributed by atoms with Crippen LogP contribution in [0.25, 0.3) is 0 Å². The first-order chi connectivity index (χ1) is 6.88. The Morgan fingerprint density at radius 1 is 1.47 bits per heavy atom. The Morgan fingerprint density at radius 2 is 2.07 bits per heavy atom. The van der Waals surface area contributed by atoms with Crippen molar-refractivity contribution in [2.24, 2.45) is 11.2 Å². The number of rotatable bonds is 2. The third-order valence-electron chi connectivity index (χ3n) is 2.38. The highest BCUT2D eigenvalue weighted by Crippen LogP contribution is 2.37. The summed E-state index contributed by atoms with van der Waals surface area (Å²) >= 11 is 0. The number of hydrogen-bond acceptors (Lipinski definition) is 3. The van der Waals surface area contributed by atoms with Crippen molar-refractivity contribution in [3.63, 3.8) is 0 Å². The van der Waals surface area contributed by atoms with E-state index in [2.05, 4.69) is 5.29 Å². The van der Waals surface area contributed by atoms with Gasteiger partial charge in [0.1, 0.15) is 0 Å². The van der Waals surface area contributed by atoms with Gasteiger partial charge in [0, 0.05) is 6.54 Å². The van der Waals surface area contributed by atoms with Crippen molar-refractivity contribution in [1.29, 1.82) is 0 Å². The summed E-state index contributed by atoms with van der Waals surface area (Å²) in [6, 6.07) is -1.89. The van der Waals surface area contributed by atoms with E-state index in [1.54, 1.807) is 0 Å². The van der Waals surface area contributed by atoms with E-state index in [0.29, 0.717) is 5.01 Å². The highest BCUT2D eigenvalue weighted by atomic mass is 19.4. The first-order valence-electron chi connectivity index (χ1n) is 4.27. The molecule has 1 saturated heterocycles. The number of aliphatic carboxylic acids is 1. The molecule has 1 N–H and O–H groups in total. The van der Waals surface area contributed by atoms with E-state index < -0.39 is 24.1 Å². The van der Waals surface area contributed by atoms with Crippen LogP contribution in [-0.4, -0.2) is 34.8 Å². The Bertz CT molecular complexity index is 269. The molecule has 0 spiro atoms. The summed E-state index contributed by atoms with van der Waals surface area (Å²) in [6.07, 6.45) is -4.79. The fraction of sp³-hybridized carbons (Fsp3) is 0.857. The number of carboxylic acids is 1. The number of halogens is 3. The number of nitrogens with zero attached hydrogens (tertiary/aromatic N) is 2. The fourth-order valence-electron chi connectivity index (χ4n) is 1.71. The molecule has 86 valence electrons. The standard InChI is InChI=1S/C7H9F3N2O3/c8-7(9,10)4-2-1-3-12(11-15)5(4)6(13)14/h4-5H,1-3H2,(H,13,14). The van der Waals surface area contributed by atoms with Crippen LogP contribution in [-0.2, 0) is 4.79 Å². The maximum Gasteiger partial charge on any atom is 0.394 e. The zero-order valence-corrected chi connectivity index (χ0v) is 7.57. The largest absolute Gasteiger partial charge is 0.480 e. The molecule has 1 fully saturated rings. The molecule has 5 nitrogen and oxygen atoms in total. The fourth-order valence-corrected chi connectivity index (χ4v) is 1.71. The van der Waals surface area contributed by atoms with Crippen LogP contribution in [0.3, 0.4) is 0 Å². The van der Waals surface area contributed by atoms with Crippen molar-refractivity contribution in [3.05, 3.63) is 4.91 Å². The lowest BCUT2D eigenvalue weighted by atomic mass is 9.90. The summed E-state index contributed by atoms with van der Waals surface area (Å²) < 4.78 is 37.3. The van der Waals surface area contributed by atoms with Crippen LogP contribution in [0, 0.1) is 10.8 Å². The summed E-state index contributed by atoms with van der Waals surface area (Å²) in [7, 11) is 0. The van der Waals surface area contributed by atoms with Crippen LogP contribution in [0.1, 0.15) is 12.8 Å². The summed E-state index contributed by atoms with van der Waals surface area (Å²) in [4.78, 5) is 20.8. The zero-order valence-electron chi connectivity index (χ0n) is 7.57. The first kappa shape index (κ1) is 11.7. The minimum atomic E-state index is -4.62. The van der Waals surface area contributed by atoms with Gasteiger partial charge in [-0.05, 0) is 12.8 Å². The third-order valence-corrected chi connectivity index (χ3v) is 2.38. The first-order valence-corrected chi connectivity index (χ1v) is 4.27. The van der Waals surface area contributed by atoms with Crippen molar-refractivity contribution in [2.45, 2.75) is 25.1 Å². The summed E-state index contributed by atoms with van der Waals surface area (Å²) in [5, 5.41) is 11.4. The van der Waals surface area contributed by atoms with Gasteiger partial charge in [-0.15, -0.1) is 4.91 Å². The molecule has 0 saturated carbocycles. The number of alkyl halides is 3. The Morgan fingerprint density at radius 3 is 2.47 bits per heavy atom. The molecule has 0 aliphatic carbocycles. The van der Waals surface area contributed by atoms with Crippen LogP contribution in [0.2, 0.25) is 0 Å². The molecule has 0 aromatic rings. The van der Waals surface area contributed by atoms with Crippen LogP contribution < -0.4 is 0 Å². The van der Waals surface area contributed by atoms with E-state index in [1.807, 2.05) is 0 Å². The second-order valence-corrected chi connectivity index (χ2v) is 3.32. The van der Waals surface area contributed by atoms with E-state index in [9.17, 15) is 22.9 Å². The Kier molecular flexibility index (Phi) is 3.15. The van der Waals surface area contributed by atoms with Crippen molar-refractivity contribution >= 4 is 5.97 Å². The third kappa shape index (κ3) is 2.37. The predicted molar refractivity (Wildman–Crippen MR) is 42.7 cm³/mol. The van der Waals surface area contributed by atoms with Crippen LogP contribution >= 0.6 is 0 Å². The van der Waals surface area contributed by atoms with Gasteiger partial charge in [0.05, 0.1) is 11.2 Å². The Hall–Kier alpha value is -1.34. The summed E-state index contributed by atoms with van der Waals surface area (Å²) in [5.41, 5.74) is 0. The van der Waals surface area contributed by atoms with Crippen molar-refractivity contribution in [3.8, 4) is 0 Å². The van der Waals surface area contributed by atoms with E-state index in [1.165, 1.54) is 0 Å². The lowest BCUT2D eigenvalue weighted by molar-refractivity contribution is -0.208. The second-order valence-electron chi connectivity index (χ2n) is 3.32. The maximum atomic E-state index is 12.4. The van der Waals surface area contributed by atoms with Gasteiger partial charge < -0.3 is 5.11 Å². The normalized spacial score (nSPS) is 27.5. The maximum absolute atomic E-state index is 12.4. The van der Waals surface area contributed by atoms with E-state index in [4.69, 9.17) is 5.11 Å². The number of hydrogen-bond donors (Lipinski definition) is 1. The summed E-state index contributed by atoms with van der Waals surface area (Å²) in [5.74, 6) is -3.70. The molecule has 2 unspecified atom stereocenters. The number of nitroso groups, excluding NO2 is 1. The van der Waals surface area contributed by atoms with Gasteiger partial charge in [-0.25, -0.2) is 9.80 Å². The molecule has 0 aromatic carbocycles. The highest BCUT2D eigenvalue weighted by molar-refractivity contribution is 5.74. The molecule has 0 aromatic heterocycles. The topological polar surface area (TPSA) is 70.0 Å². The smallest absolute Gasteiger partial charge is 0.394 e. The van der Waals surface area contributed by atoms with Gasteiger partial charge in [-0.1, -0.05) is 0 Å². The van der Waals surface area contributed by atoms with Gasteiger partial charge in [0.15, 0.2) is 6.04 Å².